The standard InChI is InChI=1S/C17H25N3O2/c21-16(15-4-3-7-18-12-15)19-13-17(5-10-22-11-6-17)14-20-8-1-2-9-20/h3-4,7,12H,1-2,5-6,8-11,13-14H2,(H,19,21). The molecule has 2 aliphatic rings. The molecule has 1 aromatic heterocycles. The Morgan fingerprint density at radius 3 is 2.77 bits per heavy atom. The highest BCUT2D eigenvalue weighted by molar-refractivity contribution is 5.93. The van der Waals surface area contributed by atoms with Gasteiger partial charge in [0.1, 0.15) is 0 Å². The summed E-state index contributed by atoms with van der Waals surface area (Å²) in [5, 5.41) is 3.12. The summed E-state index contributed by atoms with van der Waals surface area (Å²) in [6.07, 6.45) is 7.95. The van der Waals surface area contributed by atoms with E-state index < -0.39 is 0 Å². The van der Waals surface area contributed by atoms with Crippen molar-refractivity contribution in [2.45, 2.75) is 25.7 Å². The zero-order chi connectivity index (χ0) is 15.3. The topological polar surface area (TPSA) is 54.5 Å². The Morgan fingerprint density at radius 1 is 1.32 bits per heavy atom. The normalized spacial score (nSPS) is 21.6. The zero-order valence-corrected chi connectivity index (χ0v) is 13.1. The molecule has 1 amide bonds. The number of hydrogen-bond donors (Lipinski definition) is 1. The summed E-state index contributed by atoms with van der Waals surface area (Å²) in [6, 6.07) is 3.60. The molecule has 0 radical (unpaired) electrons. The van der Waals surface area contributed by atoms with Gasteiger partial charge in [-0.15, -0.1) is 0 Å². The molecule has 2 saturated heterocycles. The van der Waals surface area contributed by atoms with Gasteiger partial charge in [-0.05, 0) is 50.9 Å². The van der Waals surface area contributed by atoms with Crippen LogP contribution in [0.25, 0.3) is 0 Å². The zero-order valence-electron chi connectivity index (χ0n) is 13.1. The van der Waals surface area contributed by atoms with E-state index in [2.05, 4.69) is 15.2 Å². The number of amides is 1. The van der Waals surface area contributed by atoms with Crippen LogP contribution in [0.2, 0.25) is 0 Å². The van der Waals surface area contributed by atoms with E-state index in [-0.39, 0.29) is 11.3 Å². The van der Waals surface area contributed by atoms with Gasteiger partial charge in [0.05, 0.1) is 5.56 Å². The third kappa shape index (κ3) is 3.84. The Bertz CT molecular complexity index is 480. The molecule has 120 valence electrons. The van der Waals surface area contributed by atoms with Gasteiger partial charge >= 0.3 is 0 Å². The molecule has 1 aromatic rings. The van der Waals surface area contributed by atoms with Gasteiger partial charge in [-0.1, -0.05) is 0 Å². The van der Waals surface area contributed by atoms with Crippen LogP contribution in [0.1, 0.15) is 36.0 Å². The Morgan fingerprint density at radius 2 is 2.09 bits per heavy atom. The lowest BCUT2D eigenvalue weighted by Gasteiger charge is -2.40. The van der Waals surface area contributed by atoms with E-state index in [4.69, 9.17) is 4.74 Å². The van der Waals surface area contributed by atoms with Crippen molar-refractivity contribution in [3.8, 4) is 0 Å². The molecule has 2 aliphatic heterocycles. The second-order valence-electron chi connectivity index (χ2n) is 6.52. The molecule has 0 aliphatic carbocycles. The van der Waals surface area contributed by atoms with Crippen molar-refractivity contribution in [3.63, 3.8) is 0 Å². The van der Waals surface area contributed by atoms with Crippen molar-refractivity contribution in [3.05, 3.63) is 30.1 Å². The van der Waals surface area contributed by atoms with Crippen LogP contribution in [0.15, 0.2) is 24.5 Å². The van der Waals surface area contributed by atoms with Crippen molar-refractivity contribution in [1.29, 1.82) is 0 Å². The van der Waals surface area contributed by atoms with Crippen molar-refractivity contribution < 1.29 is 9.53 Å². The van der Waals surface area contributed by atoms with Gasteiger partial charge in [-0.25, -0.2) is 0 Å². The van der Waals surface area contributed by atoms with Gasteiger partial charge in [0.25, 0.3) is 5.91 Å². The molecule has 5 nitrogen and oxygen atoms in total. The van der Waals surface area contributed by atoms with Crippen LogP contribution in [0.5, 0.6) is 0 Å². The van der Waals surface area contributed by atoms with Crippen LogP contribution in [0, 0.1) is 5.41 Å². The van der Waals surface area contributed by atoms with Gasteiger partial charge in [0.15, 0.2) is 0 Å². The average molecular weight is 303 g/mol. The van der Waals surface area contributed by atoms with E-state index in [1.165, 1.54) is 25.9 Å². The highest BCUT2D eigenvalue weighted by Gasteiger charge is 2.35. The second-order valence-corrected chi connectivity index (χ2v) is 6.52. The molecule has 0 bridgehead atoms. The molecule has 0 aromatic carbocycles. The minimum Gasteiger partial charge on any atom is -0.381 e. The van der Waals surface area contributed by atoms with Crippen molar-refractivity contribution in [1.82, 2.24) is 15.2 Å². The third-order valence-electron chi connectivity index (χ3n) is 4.86. The van der Waals surface area contributed by atoms with Gasteiger partial charge in [-0.2, -0.15) is 0 Å². The maximum Gasteiger partial charge on any atom is 0.252 e. The molecule has 5 heteroatoms. The molecule has 3 heterocycles. The average Bonchev–Trinajstić information content (AvgIpc) is 3.07. The van der Waals surface area contributed by atoms with Crippen molar-refractivity contribution >= 4 is 5.91 Å². The maximum atomic E-state index is 12.3. The number of nitrogens with zero attached hydrogens (tertiary/aromatic N) is 2. The van der Waals surface area contributed by atoms with Crippen LogP contribution in [0.4, 0.5) is 0 Å². The van der Waals surface area contributed by atoms with E-state index in [9.17, 15) is 4.79 Å². The van der Waals surface area contributed by atoms with E-state index in [0.717, 1.165) is 39.1 Å². The van der Waals surface area contributed by atoms with Gasteiger partial charge in [0.2, 0.25) is 0 Å². The molecular weight excluding hydrogens is 278 g/mol. The first-order valence-electron chi connectivity index (χ1n) is 8.26. The van der Waals surface area contributed by atoms with E-state index in [1.54, 1.807) is 24.5 Å². The molecule has 0 saturated carbocycles. The van der Waals surface area contributed by atoms with Crippen LogP contribution in [-0.2, 0) is 4.74 Å². The number of rotatable bonds is 5. The Kier molecular flexibility index (Phi) is 5.05. The predicted molar refractivity (Wildman–Crippen MR) is 84.7 cm³/mol. The molecular formula is C17H25N3O2. The summed E-state index contributed by atoms with van der Waals surface area (Å²) in [6.45, 7) is 5.79. The number of ether oxygens (including phenoxy) is 1. The van der Waals surface area contributed by atoms with Crippen LogP contribution in [0.3, 0.4) is 0 Å². The number of carbonyl (C=O) groups is 1. The predicted octanol–water partition coefficient (Wildman–Crippen LogP) is 1.70. The quantitative estimate of drug-likeness (QED) is 0.899. The number of likely N-dealkylation sites (tertiary alicyclic amines) is 1. The summed E-state index contributed by atoms with van der Waals surface area (Å²) in [7, 11) is 0. The first kappa shape index (κ1) is 15.4. The number of nitrogens with one attached hydrogen (secondary N) is 1. The number of carbonyl (C=O) groups excluding carboxylic acids is 1. The van der Waals surface area contributed by atoms with Gasteiger partial charge < -0.3 is 15.0 Å². The summed E-state index contributed by atoms with van der Waals surface area (Å²) in [4.78, 5) is 18.8. The fraction of sp³-hybridized carbons (Fsp3) is 0.647. The lowest BCUT2D eigenvalue weighted by molar-refractivity contribution is -0.000631. The lowest BCUT2D eigenvalue weighted by Crippen LogP contribution is -2.48. The summed E-state index contributed by atoms with van der Waals surface area (Å²) >= 11 is 0. The van der Waals surface area contributed by atoms with Crippen LogP contribution < -0.4 is 5.32 Å². The first-order chi connectivity index (χ1) is 10.8. The van der Waals surface area contributed by atoms with E-state index in [0.29, 0.717) is 5.56 Å². The van der Waals surface area contributed by atoms with Crippen LogP contribution in [-0.4, -0.2) is 55.2 Å². The highest BCUT2D eigenvalue weighted by Crippen LogP contribution is 2.32. The van der Waals surface area contributed by atoms with E-state index >= 15 is 0 Å². The molecule has 0 unspecified atom stereocenters. The SMILES string of the molecule is O=C(NCC1(CN2CCCC2)CCOCC1)c1cccnc1. The molecule has 1 N–H and O–H groups in total. The summed E-state index contributed by atoms with van der Waals surface area (Å²) < 4.78 is 5.54. The molecule has 0 atom stereocenters. The minimum absolute atomic E-state index is 0.0274. The number of pyridine rings is 1. The summed E-state index contributed by atoms with van der Waals surface area (Å²) in [5.41, 5.74) is 0.784. The first-order valence-corrected chi connectivity index (χ1v) is 8.26. The second kappa shape index (κ2) is 7.20. The van der Waals surface area contributed by atoms with E-state index in [1.807, 2.05) is 0 Å². The third-order valence-corrected chi connectivity index (χ3v) is 4.86. The maximum absolute atomic E-state index is 12.3. The van der Waals surface area contributed by atoms with Gasteiger partial charge in [-0.3, -0.25) is 9.78 Å². The Labute approximate surface area is 132 Å². The fourth-order valence-electron chi connectivity index (χ4n) is 3.48. The minimum atomic E-state index is -0.0274. The monoisotopic (exact) mass is 303 g/mol. The fourth-order valence-corrected chi connectivity index (χ4v) is 3.48. The summed E-state index contributed by atoms with van der Waals surface area (Å²) in [5.74, 6) is -0.0274. The molecule has 0 spiro atoms. The van der Waals surface area contributed by atoms with Crippen LogP contribution >= 0.6 is 0 Å². The van der Waals surface area contributed by atoms with Gasteiger partial charge in [0, 0.05) is 44.1 Å². The largest absolute Gasteiger partial charge is 0.381 e. The Hall–Kier alpha value is -1.46. The molecule has 3 rings (SSSR count). The molecule has 22 heavy (non-hydrogen) atoms. The van der Waals surface area contributed by atoms with Crippen molar-refractivity contribution in [2.75, 3.05) is 39.4 Å². The lowest BCUT2D eigenvalue weighted by atomic mass is 9.79. The smallest absolute Gasteiger partial charge is 0.252 e. The number of aromatic nitrogens is 1. The molecule has 2 fully saturated rings. The Balaban J connectivity index is 1.61. The van der Waals surface area contributed by atoms with Crippen molar-refractivity contribution in [2.24, 2.45) is 5.41 Å². The number of hydrogen-bond acceptors (Lipinski definition) is 4. The highest BCUT2D eigenvalue weighted by atomic mass is 16.5.